The highest BCUT2D eigenvalue weighted by Gasteiger charge is 2.13. The second kappa shape index (κ2) is 8.86. The summed E-state index contributed by atoms with van der Waals surface area (Å²) >= 11 is 8.90. The summed E-state index contributed by atoms with van der Waals surface area (Å²) in [5.74, 6) is 0.636. The minimum atomic E-state index is -0.163. The van der Waals surface area contributed by atoms with E-state index in [-0.39, 0.29) is 11.7 Å². The average molecular weight is 442 g/mol. The van der Waals surface area contributed by atoms with Crippen LogP contribution in [0.1, 0.15) is 11.9 Å². The number of aryl methyl sites for hydroxylation is 1. The van der Waals surface area contributed by atoms with Crippen LogP contribution in [0.4, 0.5) is 5.13 Å². The Morgan fingerprint density at radius 3 is 2.72 bits per heavy atom. The molecule has 0 spiro atoms. The van der Waals surface area contributed by atoms with Gasteiger partial charge in [-0.3, -0.25) is 10.1 Å². The van der Waals surface area contributed by atoms with Gasteiger partial charge in [-0.15, -0.1) is 10.2 Å². The Kier molecular flexibility index (Phi) is 6.03. The van der Waals surface area contributed by atoms with Crippen LogP contribution in [-0.4, -0.2) is 31.8 Å². The Labute approximate surface area is 180 Å². The van der Waals surface area contributed by atoms with Crippen molar-refractivity contribution in [2.75, 3.05) is 11.1 Å². The van der Waals surface area contributed by atoms with E-state index in [9.17, 15) is 4.79 Å². The van der Waals surface area contributed by atoms with Gasteiger partial charge in [-0.2, -0.15) is 0 Å². The Morgan fingerprint density at radius 2 is 1.97 bits per heavy atom. The fourth-order valence-electron chi connectivity index (χ4n) is 2.64. The molecule has 9 heteroatoms. The number of fused-ring (bicyclic) bond motifs is 1. The lowest BCUT2D eigenvalue weighted by Gasteiger charge is -2.09. The van der Waals surface area contributed by atoms with Gasteiger partial charge in [0.2, 0.25) is 11.0 Å². The van der Waals surface area contributed by atoms with Crippen LogP contribution in [0.25, 0.3) is 22.3 Å². The minimum Gasteiger partial charge on any atom is -0.300 e. The molecule has 2 aromatic carbocycles. The van der Waals surface area contributed by atoms with Gasteiger partial charge in [-0.25, -0.2) is 9.97 Å². The molecule has 0 bridgehead atoms. The van der Waals surface area contributed by atoms with Crippen LogP contribution < -0.4 is 5.32 Å². The number of anilines is 1. The fraction of sp³-hybridized carbons (Fsp3) is 0.150. The molecule has 0 atom stereocenters. The summed E-state index contributed by atoms with van der Waals surface area (Å²) in [6.07, 6.45) is 0.790. The van der Waals surface area contributed by atoms with Crippen LogP contribution >= 0.6 is 34.7 Å². The van der Waals surface area contributed by atoms with Crippen molar-refractivity contribution in [1.82, 2.24) is 20.2 Å². The highest BCUT2D eigenvalue weighted by atomic mass is 35.5. The maximum Gasteiger partial charge on any atom is 0.236 e. The van der Waals surface area contributed by atoms with E-state index in [1.165, 1.54) is 23.1 Å². The maximum absolute atomic E-state index is 12.4. The van der Waals surface area contributed by atoms with Crippen molar-refractivity contribution in [2.45, 2.75) is 18.4 Å². The monoisotopic (exact) mass is 441 g/mol. The van der Waals surface area contributed by atoms with Crippen molar-refractivity contribution in [3.8, 4) is 11.4 Å². The Morgan fingerprint density at radius 1 is 1.14 bits per heavy atom. The first-order chi connectivity index (χ1) is 14.1. The predicted octanol–water partition coefficient (Wildman–Crippen LogP) is 5.09. The number of nitrogens with zero attached hydrogens (tertiary/aromatic N) is 4. The normalized spacial score (nSPS) is 11.0. The number of hydrogen-bond acceptors (Lipinski definition) is 7. The first-order valence-corrected chi connectivity index (χ1v) is 11.1. The standard InChI is InChI=1S/C20H16ClN5OS2/c1-2-17-25-26-20(29-17)23-16(27)11-28-19-14-10-13(21)8-9-15(14)22-18(24-19)12-6-4-3-5-7-12/h3-10H,2,11H2,1H3,(H,23,26,27). The van der Waals surface area contributed by atoms with Crippen molar-refractivity contribution >= 4 is 56.6 Å². The molecule has 0 aliphatic heterocycles. The zero-order valence-corrected chi connectivity index (χ0v) is 17.8. The molecule has 2 heterocycles. The maximum atomic E-state index is 12.4. The Balaban J connectivity index is 1.59. The number of aromatic nitrogens is 4. The number of rotatable bonds is 6. The zero-order chi connectivity index (χ0) is 20.2. The van der Waals surface area contributed by atoms with E-state index in [2.05, 4.69) is 20.5 Å². The first-order valence-electron chi connectivity index (χ1n) is 8.90. The van der Waals surface area contributed by atoms with Gasteiger partial charge in [-0.1, -0.05) is 72.0 Å². The lowest BCUT2D eigenvalue weighted by atomic mass is 10.2. The van der Waals surface area contributed by atoms with E-state index >= 15 is 0 Å². The summed E-state index contributed by atoms with van der Waals surface area (Å²) in [5.41, 5.74) is 1.69. The van der Waals surface area contributed by atoms with Crippen molar-refractivity contribution in [3.05, 3.63) is 58.6 Å². The van der Waals surface area contributed by atoms with Crippen molar-refractivity contribution < 1.29 is 4.79 Å². The van der Waals surface area contributed by atoms with Crippen molar-refractivity contribution in [3.63, 3.8) is 0 Å². The second-order valence-electron chi connectivity index (χ2n) is 6.07. The number of amides is 1. The third-order valence-electron chi connectivity index (χ3n) is 4.01. The molecule has 2 aromatic heterocycles. The van der Waals surface area contributed by atoms with Gasteiger partial charge >= 0.3 is 0 Å². The molecule has 4 aromatic rings. The fourth-order valence-corrected chi connectivity index (χ4v) is 4.31. The third kappa shape index (κ3) is 4.72. The zero-order valence-electron chi connectivity index (χ0n) is 15.4. The van der Waals surface area contributed by atoms with E-state index < -0.39 is 0 Å². The topological polar surface area (TPSA) is 80.7 Å². The molecule has 1 amide bonds. The lowest BCUT2D eigenvalue weighted by molar-refractivity contribution is -0.113. The van der Waals surface area contributed by atoms with Crippen molar-refractivity contribution in [1.29, 1.82) is 0 Å². The molecule has 4 rings (SSSR count). The largest absolute Gasteiger partial charge is 0.300 e. The van der Waals surface area contributed by atoms with E-state index in [0.29, 0.717) is 21.0 Å². The van der Waals surface area contributed by atoms with Crippen LogP contribution in [-0.2, 0) is 11.2 Å². The average Bonchev–Trinajstić information content (AvgIpc) is 3.20. The molecule has 0 aliphatic rings. The smallest absolute Gasteiger partial charge is 0.236 e. The Hall–Kier alpha value is -2.55. The molecule has 6 nitrogen and oxygen atoms in total. The number of nitrogens with one attached hydrogen (secondary N) is 1. The summed E-state index contributed by atoms with van der Waals surface area (Å²) < 4.78 is 0. The van der Waals surface area contributed by atoms with E-state index in [1.807, 2.05) is 49.4 Å². The second-order valence-corrected chi connectivity index (χ2v) is 8.53. The van der Waals surface area contributed by atoms with Gasteiger partial charge in [0.25, 0.3) is 0 Å². The molecule has 0 fully saturated rings. The minimum absolute atomic E-state index is 0.163. The molecule has 0 saturated carbocycles. The van der Waals surface area contributed by atoms with Gasteiger partial charge in [0.1, 0.15) is 10.0 Å². The van der Waals surface area contributed by atoms with Crippen molar-refractivity contribution in [2.24, 2.45) is 0 Å². The molecule has 146 valence electrons. The quantitative estimate of drug-likeness (QED) is 0.331. The molecule has 0 unspecified atom stereocenters. The summed E-state index contributed by atoms with van der Waals surface area (Å²) in [5, 5.41) is 14.3. The van der Waals surface area contributed by atoms with Gasteiger partial charge in [0, 0.05) is 16.0 Å². The molecule has 29 heavy (non-hydrogen) atoms. The van der Waals surface area contributed by atoms with Crippen LogP contribution in [0.3, 0.4) is 0 Å². The molecule has 1 N–H and O–H groups in total. The summed E-state index contributed by atoms with van der Waals surface area (Å²) in [4.78, 5) is 21.7. The Bertz CT molecular complexity index is 1170. The number of carbonyl (C=O) groups excluding carboxylic acids is 1. The van der Waals surface area contributed by atoms with E-state index in [1.54, 1.807) is 6.07 Å². The van der Waals surface area contributed by atoms with Gasteiger partial charge in [-0.05, 0) is 24.6 Å². The number of thioether (sulfide) groups is 1. The number of halogens is 1. The van der Waals surface area contributed by atoms with Crippen LogP contribution in [0, 0.1) is 0 Å². The molecule has 0 aliphatic carbocycles. The molecule has 0 saturated heterocycles. The van der Waals surface area contributed by atoms with E-state index in [0.717, 1.165) is 27.9 Å². The predicted molar refractivity (Wildman–Crippen MR) is 119 cm³/mol. The summed E-state index contributed by atoms with van der Waals surface area (Å²) in [6, 6.07) is 15.2. The SMILES string of the molecule is CCc1nnc(NC(=O)CSc2nc(-c3ccccc3)nc3ccc(Cl)cc23)s1. The molecular weight excluding hydrogens is 426 g/mol. The number of hydrogen-bond donors (Lipinski definition) is 1. The van der Waals surface area contributed by atoms with Crippen LogP contribution in [0.2, 0.25) is 5.02 Å². The van der Waals surface area contributed by atoms with Crippen LogP contribution in [0.15, 0.2) is 53.6 Å². The highest BCUT2D eigenvalue weighted by molar-refractivity contribution is 8.00. The number of carbonyl (C=O) groups is 1. The van der Waals surface area contributed by atoms with Gasteiger partial charge in [0.15, 0.2) is 5.82 Å². The highest BCUT2D eigenvalue weighted by Crippen LogP contribution is 2.30. The summed E-state index contributed by atoms with van der Waals surface area (Å²) in [6.45, 7) is 2.00. The van der Waals surface area contributed by atoms with Gasteiger partial charge in [0.05, 0.1) is 11.3 Å². The molecular formula is C20H16ClN5OS2. The summed E-state index contributed by atoms with van der Waals surface area (Å²) in [7, 11) is 0. The first kappa shape index (κ1) is 19.8. The lowest BCUT2D eigenvalue weighted by Crippen LogP contribution is -2.14. The van der Waals surface area contributed by atoms with Crippen LogP contribution in [0.5, 0.6) is 0 Å². The number of benzene rings is 2. The third-order valence-corrected chi connectivity index (χ3v) is 6.22. The van der Waals surface area contributed by atoms with E-state index in [4.69, 9.17) is 16.6 Å². The van der Waals surface area contributed by atoms with Gasteiger partial charge < -0.3 is 0 Å². The molecule has 0 radical (unpaired) electrons.